The van der Waals surface area contributed by atoms with Crippen LogP contribution in [0.25, 0.3) is 0 Å². The second-order valence-corrected chi connectivity index (χ2v) is 5.24. The first kappa shape index (κ1) is 12.5. The number of aromatic nitrogens is 2. The number of carboxylic acid groups (broad SMARTS) is 1. The first-order valence-electron chi connectivity index (χ1n) is 5.41. The first-order valence-corrected chi connectivity index (χ1v) is 6.23. The monoisotopic (exact) mass is 263 g/mol. The number of carbonyl (C=O) groups is 1. The number of thiophene rings is 1. The van der Waals surface area contributed by atoms with Gasteiger partial charge in [0.25, 0.3) is 0 Å². The summed E-state index contributed by atoms with van der Waals surface area (Å²) >= 11 is 1.74. The Morgan fingerprint density at radius 3 is 2.67 bits per heavy atom. The third kappa shape index (κ3) is 2.84. The second kappa shape index (κ2) is 5.14. The van der Waals surface area contributed by atoms with Gasteiger partial charge in [0.05, 0.1) is 18.9 Å². The van der Waals surface area contributed by atoms with Crippen molar-refractivity contribution in [1.82, 2.24) is 9.97 Å². The van der Waals surface area contributed by atoms with Crippen LogP contribution in [0.15, 0.2) is 18.5 Å². The van der Waals surface area contributed by atoms with Gasteiger partial charge in [-0.05, 0) is 25.5 Å². The summed E-state index contributed by atoms with van der Waals surface area (Å²) in [5.41, 5.74) is 1.23. The van der Waals surface area contributed by atoms with Crippen molar-refractivity contribution in [3.63, 3.8) is 0 Å². The van der Waals surface area contributed by atoms with Crippen molar-refractivity contribution in [3.8, 4) is 0 Å². The molecule has 2 aromatic heterocycles. The SMILES string of the molecule is Cc1cc(CNc2cnc(C(=O)O)cn2)sc1C. The molecule has 5 nitrogen and oxygen atoms in total. The molecule has 94 valence electrons. The minimum atomic E-state index is -1.07. The van der Waals surface area contributed by atoms with E-state index in [-0.39, 0.29) is 5.69 Å². The van der Waals surface area contributed by atoms with Crippen molar-refractivity contribution in [2.45, 2.75) is 20.4 Å². The van der Waals surface area contributed by atoms with Crippen LogP contribution in [-0.2, 0) is 6.54 Å². The zero-order valence-electron chi connectivity index (χ0n) is 10.1. The molecular formula is C12H13N3O2S. The summed E-state index contributed by atoms with van der Waals surface area (Å²) in [5.74, 6) is -0.498. The molecule has 2 N–H and O–H groups in total. The molecule has 0 amide bonds. The Morgan fingerprint density at radius 1 is 1.39 bits per heavy atom. The molecule has 0 aliphatic heterocycles. The predicted molar refractivity (Wildman–Crippen MR) is 70.1 cm³/mol. The maximum absolute atomic E-state index is 10.6. The van der Waals surface area contributed by atoms with Gasteiger partial charge in [0.1, 0.15) is 5.82 Å². The molecule has 0 unspecified atom stereocenters. The van der Waals surface area contributed by atoms with E-state index in [1.807, 2.05) is 0 Å². The maximum atomic E-state index is 10.6. The fraction of sp³-hybridized carbons (Fsp3) is 0.250. The predicted octanol–water partition coefficient (Wildman–Crippen LogP) is 2.47. The minimum Gasteiger partial charge on any atom is -0.476 e. The fourth-order valence-corrected chi connectivity index (χ4v) is 2.44. The van der Waals surface area contributed by atoms with Crippen LogP contribution in [0, 0.1) is 13.8 Å². The van der Waals surface area contributed by atoms with Crippen LogP contribution in [0.4, 0.5) is 5.82 Å². The van der Waals surface area contributed by atoms with E-state index < -0.39 is 5.97 Å². The van der Waals surface area contributed by atoms with Crippen LogP contribution >= 0.6 is 11.3 Å². The molecule has 0 atom stereocenters. The zero-order valence-corrected chi connectivity index (χ0v) is 10.9. The Labute approximate surface area is 109 Å². The number of carboxylic acids is 1. The largest absolute Gasteiger partial charge is 0.476 e. The summed E-state index contributed by atoms with van der Waals surface area (Å²) in [6.07, 6.45) is 2.67. The van der Waals surface area contributed by atoms with Gasteiger partial charge in [-0.25, -0.2) is 14.8 Å². The quantitative estimate of drug-likeness (QED) is 0.886. The number of aromatic carboxylic acids is 1. The molecule has 0 fully saturated rings. The van der Waals surface area contributed by atoms with Crippen LogP contribution in [-0.4, -0.2) is 21.0 Å². The highest BCUT2D eigenvalue weighted by Crippen LogP contribution is 2.21. The number of nitrogens with one attached hydrogen (secondary N) is 1. The van der Waals surface area contributed by atoms with E-state index in [2.05, 4.69) is 35.2 Å². The summed E-state index contributed by atoms with van der Waals surface area (Å²) < 4.78 is 0. The Kier molecular flexibility index (Phi) is 3.57. The summed E-state index contributed by atoms with van der Waals surface area (Å²) in [4.78, 5) is 20.9. The maximum Gasteiger partial charge on any atom is 0.356 e. The molecular weight excluding hydrogens is 250 g/mol. The summed E-state index contributed by atoms with van der Waals surface area (Å²) in [5, 5.41) is 11.8. The van der Waals surface area contributed by atoms with Crippen molar-refractivity contribution >= 4 is 23.1 Å². The van der Waals surface area contributed by atoms with E-state index in [0.29, 0.717) is 12.4 Å². The second-order valence-electron chi connectivity index (χ2n) is 3.90. The van der Waals surface area contributed by atoms with Gasteiger partial charge in [-0.3, -0.25) is 0 Å². The summed E-state index contributed by atoms with van der Waals surface area (Å²) in [7, 11) is 0. The molecule has 2 aromatic rings. The molecule has 2 rings (SSSR count). The lowest BCUT2D eigenvalue weighted by molar-refractivity contribution is 0.0690. The standard InChI is InChI=1S/C12H13N3O2S/c1-7-3-9(18-8(7)2)4-14-11-6-13-10(5-15-11)12(16)17/h3,5-6H,4H2,1-2H3,(H,14,15)(H,16,17). The van der Waals surface area contributed by atoms with Gasteiger partial charge in [0.2, 0.25) is 0 Å². The summed E-state index contributed by atoms with van der Waals surface area (Å²) in [6.45, 7) is 4.84. The van der Waals surface area contributed by atoms with E-state index in [4.69, 9.17) is 5.11 Å². The molecule has 0 aliphatic rings. The Morgan fingerprint density at radius 2 is 2.17 bits per heavy atom. The molecule has 2 heterocycles. The smallest absolute Gasteiger partial charge is 0.356 e. The average molecular weight is 263 g/mol. The Hall–Kier alpha value is -1.95. The topological polar surface area (TPSA) is 75.1 Å². The van der Waals surface area contributed by atoms with Gasteiger partial charge in [-0.2, -0.15) is 0 Å². The highest BCUT2D eigenvalue weighted by Gasteiger charge is 2.05. The summed E-state index contributed by atoms with van der Waals surface area (Å²) in [6, 6.07) is 2.13. The van der Waals surface area contributed by atoms with Crippen molar-refractivity contribution in [3.05, 3.63) is 39.5 Å². The molecule has 0 spiro atoms. The molecule has 0 saturated carbocycles. The first-order chi connectivity index (χ1) is 8.56. The molecule has 0 radical (unpaired) electrons. The van der Waals surface area contributed by atoms with Crippen molar-refractivity contribution < 1.29 is 9.90 Å². The molecule has 6 heteroatoms. The highest BCUT2D eigenvalue weighted by molar-refractivity contribution is 7.12. The van der Waals surface area contributed by atoms with E-state index in [1.54, 1.807) is 11.3 Å². The normalized spacial score (nSPS) is 10.3. The average Bonchev–Trinajstić information content (AvgIpc) is 2.67. The number of anilines is 1. The number of hydrogen-bond donors (Lipinski definition) is 2. The highest BCUT2D eigenvalue weighted by atomic mass is 32.1. The number of hydrogen-bond acceptors (Lipinski definition) is 5. The lowest BCUT2D eigenvalue weighted by Gasteiger charge is -2.03. The van der Waals surface area contributed by atoms with Crippen LogP contribution in [0.1, 0.15) is 25.8 Å². The van der Waals surface area contributed by atoms with Crippen LogP contribution < -0.4 is 5.32 Å². The number of nitrogens with zero attached hydrogens (tertiary/aromatic N) is 2. The molecule has 0 aromatic carbocycles. The molecule has 0 bridgehead atoms. The van der Waals surface area contributed by atoms with Crippen LogP contribution in [0.5, 0.6) is 0 Å². The Balaban J connectivity index is 2.00. The number of rotatable bonds is 4. The van der Waals surface area contributed by atoms with Gasteiger partial charge >= 0.3 is 5.97 Å². The lowest BCUT2D eigenvalue weighted by Crippen LogP contribution is -2.04. The van der Waals surface area contributed by atoms with Crippen LogP contribution in [0.3, 0.4) is 0 Å². The molecule has 0 saturated heterocycles. The van der Waals surface area contributed by atoms with E-state index in [9.17, 15) is 4.79 Å². The third-order valence-corrected chi connectivity index (χ3v) is 3.68. The zero-order chi connectivity index (χ0) is 13.1. The van der Waals surface area contributed by atoms with Gasteiger partial charge < -0.3 is 10.4 Å². The molecule has 0 aliphatic carbocycles. The van der Waals surface area contributed by atoms with E-state index in [0.717, 1.165) is 0 Å². The van der Waals surface area contributed by atoms with Gasteiger partial charge in [-0.1, -0.05) is 0 Å². The van der Waals surface area contributed by atoms with Crippen molar-refractivity contribution in [2.75, 3.05) is 5.32 Å². The van der Waals surface area contributed by atoms with Crippen LogP contribution in [0.2, 0.25) is 0 Å². The van der Waals surface area contributed by atoms with E-state index >= 15 is 0 Å². The van der Waals surface area contributed by atoms with Crippen molar-refractivity contribution in [2.24, 2.45) is 0 Å². The van der Waals surface area contributed by atoms with Crippen molar-refractivity contribution in [1.29, 1.82) is 0 Å². The Bertz CT molecular complexity index is 544. The minimum absolute atomic E-state index is 0.0524. The third-order valence-electron chi connectivity index (χ3n) is 2.53. The van der Waals surface area contributed by atoms with Gasteiger partial charge in [0.15, 0.2) is 5.69 Å². The van der Waals surface area contributed by atoms with Gasteiger partial charge in [-0.15, -0.1) is 11.3 Å². The lowest BCUT2D eigenvalue weighted by atomic mass is 10.3. The van der Waals surface area contributed by atoms with E-state index in [1.165, 1.54) is 27.7 Å². The van der Waals surface area contributed by atoms with Gasteiger partial charge in [0, 0.05) is 9.75 Å². The molecule has 18 heavy (non-hydrogen) atoms. The number of aryl methyl sites for hydroxylation is 2. The fourth-order valence-electron chi connectivity index (χ4n) is 1.44.